The number of hydrogen-bond donors (Lipinski definition) is 0. The maximum Gasteiger partial charge on any atom is 0.406 e. The van der Waals surface area contributed by atoms with E-state index in [1.807, 2.05) is 0 Å². The minimum absolute atomic E-state index is 0.154. The van der Waals surface area contributed by atoms with Crippen LogP contribution >= 0.6 is 27.5 Å². The smallest absolute Gasteiger partial charge is 0.301 e. The lowest BCUT2D eigenvalue weighted by Gasteiger charge is -2.24. The first-order valence-corrected chi connectivity index (χ1v) is 8.40. The van der Waals surface area contributed by atoms with E-state index in [-0.39, 0.29) is 12.2 Å². The molecule has 3 nitrogen and oxygen atoms in total. The van der Waals surface area contributed by atoms with E-state index in [4.69, 9.17) is 11.6 Å². The van der Waals surface area contributed by atoms with Crippen LogP contribution in [-0.2, 0) is 4.79 Å². The second-order valence-corrected chi connectivity index (χ2v) is 6.72. The Kier molecular flexibility index (Phi) is 4.88. The molecule has 0 saturated heterocycles. The molecule has 0 unspecified atom stereocenters. The fraction of sp³-hybridized carbons (Fsp3) is 0.176. The number of nitrogens with zero attached hydrogens (tertiary/aromatic N) is 2. The maximum atomic E-state index is 12.9. The SMILES string of the molecule is O=C1CN=C(c2ccccc2Cl)c2cc(Br)ccc2N1CC(F)(F)F. The molecule has 8 heteroatoms. The first kappa shape index (κ1) is 17.9. The Morgan fingerprint density at radius 2 is 1.88 bits per heavy atom. The standard InChI is InChI=1S/C17H11BrClF3N2O/c18-10-5-6-14-12(7-10)16(11-3-1-2-4-13(11)19)23-8-15(25)24(14)9-17(20,21)22/h1-7H,8-9H2. The van der Waals surface area contributed by atoms with E-state index in [0.29, 0.717) is 26.3 Å². The van der Waals surface area contributed by atoms with Gasteiger partial charge in [0.1, 0.15) is 13.1 Å². The number of carbonyl (C=O) groups excluding carboxylic acids is 1. The summed E-state index contributed by atoms with van der Waals surface area (Å²) in [5, 5.41) is 0.406. The van der Waals surface area contributed by atoms with Crippen LogP contribution in [-0.4, -0.2) is 30.9 Å². The summed E-state index contributed by atoms with van der Waals surface area (Å²) in [6.45, 7) is -1.76. The fourth-order valence-corrected chi connectivity index (χ4v) is 3.21. The fourth-order valence-electron chi connectivity index (χ4n) is 2.62. The van der Waals surface area contributed by atoms with Crippen molar-refractivity contribution in [3.8, 4) is 0 Å². The van der Waals surface area contributed by atoms with E-state index >= 15 is 0 Å². The lowest BCUT2D eigenvalue weighted by Crippen LogP contribution is -2.40. The average molecular weight is 432 g/mol. The molecule has 1 amide bonds. The number of hydrogen-bond acceptors (Lipinski definition) is 2. The summed E-state index contributed by atoms with van der Waals surface area (Å²) in [5.74, 6) is -0.719. The average Bonchev–Trinajstić information content (AvgIpc) is 2.65. The topological polar surface area (TPSA) is 32.7 Å². The molecular weight excluding hydrogens is 421 g/mol. The molecule has 0 atom stereocenters. The van der Waals surface area contributed by atoms with Crippen molar-refractivity contribution in [1.29, 1.82) is 0 Å². The summed E-state index contributed by atoms with van der Waals surface area (Å²) in [5.41, 5.74) is 1.52. The number of rotatable bonds is 2. The molecule has 2 aromatic carbocycles. The zero-order valence-electron chi connectivity index (χ0n) is 12.6. The lowest BCUT2D eigenvalue weighted by molar-refractivity contribution is -0.131. The van der Waals surface area contributed by atoms with Gasteiger partial charge in [0.25, 0.3) is 0 Å². The number of benzene rings is 2. The van der Waals surface area contributed by atoms with Gasteiger partial charge in [-0.2, -0.15) is 13.2 Å². The third-order valence-corrected chi connectivity index (χ3v) is 4.47. The van der Waals surface area contributed by atoms with Gasteiger partial charge in [0.2, 0.25) is 5.91 Å². The van der Waals surface area contributed by atoms with E-state index in [2.05, 4.69) is 20.9 Å². The Morgan fingerprint density at radius 1 is 1.16 bits per heavy atom. The maximum absolute atomic E-state index is 12.9. The highest BCUT2D eigenvalue weighted by Crippen LogP contribution is 2.33. The van der Waals surface area contributed by atoms with Gasteiger partial charge in [-0.1, -0.05) is 45.7 Å². The number of benzodiazepines with no additional fused rings is 1. The molecule has 0 N–H and O–H groups in total. The van der Waals surface area contributed by atoms with Gasteiger partial charge < -0.3 is 4.90 Å². The van der Waals surface area contributed by atoms with Gasteiger partial charge in [-0.25, -0.2) is 0 Å². The highest BCUT2D eigenvalue weighted by atomic mass is 79.9. The first-order chi connectivity index (χ1) is 11.8. The van der Waals surface area contributed by atoms with Gasteiger partial charge in [0, 0.05) is 20.6 Å². The first-order valence-electron chi connectivity index (χ1n) is 7.22. The zero-order chi connectivity index (χ0) is 18.2. The van der Waals surface area contributed by atoms with E-state index in [1.54, 1.807) is 36.4 Å². The van der Waals surface area contributed by atoms with Crippen LogP contribution in [0.4, 0.5) is 18.9 Å². The summed E-state index contributed by atoms with van der Waals surface area (Å²) in [6.07, 6.45) is -4.52. The lowest BCUT2D eigenvalue weighted by atomic mass is 10.00. The molecule has 1 aliphatic rings. The van der Waals surface area contributed by atoms with Crippen LogP contribution in [0.5, 0.6) is 0 Å². The number of carbonyl (C=O) groups is 1. The molecular formula is C17H11BrClF3N2O. The number of halogens is 5. The number of alkyl halides is 3. The highest BCUT2D eigenvalue weighted by molar-refractivity contribution is 9.10. The molecule has 0 saturated carbocycles. The van der Waals surface area contributed by atoms with Crippen molar-refractivity contribution >= 4 is 44.8 Å². The molecule has 0 radical (unpaired) electrons. The molecule has 0 spiro atoms. The van der Waals surface area contributed by atoms with Crippen molar-refractivity contribution in [2.75, 3.05) is 18.0 Å². The van der Waals surface area contributed by atoms with Crippen molar-refractivity contribution in [3.63, 3.8) is 0 Å². The Balaban J connectivity index is 2.19. The monoisotopic (exact) mass is 430 g/mol. The number of aliphatic imine (C=N–C) groups is 1. The van der Waals surface area contributed by atoms with E-state index in [0.717, 1.165) is 4.90 Å². The minimum atomic E-state index is -4.52. The number of fused-ring (bicyclic) bond motifs is 1. The number of amides is 1. The molecule has 1 aliphatic heterocycles. The summed E-state index contributed by atoms with van der Waals surface area (Å²) >= 11 is 9.54. The zero-order valence-corrected chi connectivity index (χ0v) is 15.0. The number of anilines is 1. The van der Waals surface area contributed by atoms with Gasteiger partial charge in [0.15, 0.2) is 0 Å². The molecule has 0 aliphatic carbocycles. The quantitative estimate of drug-likeness (QED) is 0.669. The normalized spacial score (nSPS) is 14.8. The van der Waals surface area contributed by atoms with Crippen LogP contribution in [0.25, 0.3) is 0 Å². The highest BCUT2D eigenvalue weighted by Gasteiger charge is 2.36. The van der Waals surface area contributed by atoms with Crippen molar-refractivity contribution < 1.29 is 18.0 Å². The molecule has 130 valence electrons. The van der Waals surface area contributed by atoms with Crippen LogP contribution < -0.4 is 4.90 Å². The Hall–Kier alpha value is -1.86. The second-order valence-electron chi connectivity index (χ2n) is 5.40. The van der Waals surface area contributed by atoms with Gasteiger partial charge in [-0.3, -0.25) is 9.79 Å². The summed E-state index contributed by atoms with van der Waals surface area (Å²) in [6, 6.07) is 11.6. The van der Waals surface area contributed by atoms with Crippen LogP contribution in [0.2, 0.25) is 5.02 Å². The minimum Gasteiger partial charge on any atom is -0.301 e. The van der Waals surface area contributed by atoms with Crippen molar-refractivity contribution in [3.05, 3.63) is 63.1 Å². The Labute approximate surface area is 155 Å². The molecule has 3 rings (SSSR count). The van der Waals surface area contributed by atoms with Gasteiger partial charge >= 0.3 is 6.18 Å². The summed E-state index contributed by atoms with van der Waals surface area (Å²) < 4.78 is 39.5. The van der Waals surface area contributed by atoms with E-state index in [1.165, 1.54) is 6.07 Å². The molecule has 2 aromatic rings. The third kappa shape index (κ3) is 3.88. The largest absolute Gasteiger partial charge is 0.406 e. The molecule has 0 fully saturated rings. The predicted molar refractivity (Wildman–Crippen MR) is 94.5 cm³/mol. The third-order valence-electron chi connectivity index (χ3n) is 3.64. The summed E-state index contributed by atoms with van der Waals surface area (Å²) in [7, 11) is 0. The van der Waals surface area contributed by atoms with Crippen molar-refractivity contribution in [2.24, 2.45) is 4.99 Å². The van der Waals surface area contributed by atoms with Crippen molar-refractivity contribution in [1.82, 2.24) is 0 Å². The molecule has 0 aromatic heterocycles. The van der Waals surface area contributed by atoms with E-state index < -0.39 is 18.6 Å². The molecule has 0 bridgehead atoms. The van der Waals surface area contributed by atoms with Gasteiger partial charge in [-0.15, -0.1) is 0 Å². The second kappa shape index (κ2) is 6.80. The summed E-state index contributed by atoms with van der Waals surface area (Å²) in [4.78, 5) is 17.2. The van der Waals surface area contributed by atoms with Gasteiger partial charge in [-0.05, 0) is 24.3 Å². The van der Waals surface area contributed by atoms with Crippen LogP contribution in [0.3, 0.4) is 0 Å². The van der Waals surface area contributed by atoms with Crippen LogP contribution in [0, 0.1) is 0 Å². The Morgan fingerprint density at radius 3 is 2.56 bits per heavy atom. The Bertz CT molecular complexity index is 867. The van der Waals surface area contributed by atoms with E-state index in [9.17, 15) is 18.0 Å². The predicted octanol–water partition coefficient (Wildman–Crippen LogP) is 4.85. The van der Waals surface area contributed by atoms with Crippen LogP contribution in [0.15, 0.2) is 51.9 Å². The molecule has 1 heterocycles. The van der Waals surface area contributed by atoms with Crippen LogP contribution in [0.1, 0.15) is 11.1 Å². The van der Waals surface area contributed by atoms with Crippen molar-refractivity contribution in [2.45, 2.75) is 6.18 Å². The molecule has 25 heavy (non-hydrogen) atoms. The van der Waals surface area contributed by atoms with Gasteiger partial charge in [0.05, 0.1) is 11.4 Å².